The number of hydrogen-bond donors (Lipinski definition) is 2. The van der Waals surface area contributed by atoms with E-state index >= 15 is 0 Å². The average Bonchev–Trinajstić information content (AvgIpc) is 2.86. The third kappa shape index (κ3) is 3.56. The van der Waals surface area contributed by atoms with Crippen molar-refractivity contribution in [3.63, 3.8) is 0 Å². The molecule has 0 aliphatic carbocycles. The van der Waals surface area contributed by atoms with Gasteiger partial charge in [-0.15, -0.1) is 0 Å². The summed E-state index contributed by atoms with van der Waals surface area (Å²) in [4.78, 5) is 12.7. The number of aryl methyl sites for hydroxylation is 1. The molecule has 2 atom stereocenters. The van der Waals surface area contributed by atoms with Crippen molar-refractivity contribution in [2.24, 2.45) is 0 Å². The molecule has 0 saturated carbocycles. The Morgan fingerprint density at radius 2 is 1.63 bits per heavy atom. The van der Waals surface area contributed by atoms with Crippen molar-refractivity contribution in [1.29, 1.82) is 0 Å². The second-order valence-corrected chi connectivity index (χ2v) is 7.00. The molecule has 0 radical (unpaired) electrons. The van der Waals surface area contributed by atoms with Crippen LogP contribution in [-0.2, 0) is 0 Å². The van der Waals surface area contributed by atoms with Gasteiger partial charge in [0.25, 0.3) is 0 Å². The summed E-state index contributed by atoms with van der Waals surface area (Å²) in [6.07, 6.45) is 2.16. The van der Waals surface area contributed by atoms with Gasteiger partial charge < -0.3 is 20.1 Å². The van der Waals surface area contributed by atoms with Gasteiger partial charge in [0.05, 0.1) is 25.3 Å². The molecule has 0 bridgehead atoms. The molecule has 4 rings (SSSR count). The van der Waals surface area contributed by atoms with Crippen LogP contribution in [0.2, 0.25) is 0 Å². The van der Waals surface area contributed by atoms with Crippen LogP contribution in [0.1, 0.15) is 48.0 Å². The van der Waals surface area contributed by atoms with Gasteiger partial charge in [-0.3, -0.25) is 0 Å². The van der Waals surface area contributed by atoms with Crippen LogP contribution in [-0.4, -0.2) is 19.2 Å². The number of para-hydroxylation sites is 2. The minimum Gasteiger partial charge on any atom is -0.493 e. The molecule has 0 saturated heterocycles. The first-order valence-corrected chi connectivity index (χ1v) is 9.34. The van der Waals surface area contributed by atoms with Crippen molar-refractivity contribution < 1.29 is 18.7 Å². The molecule has 5 nitrogen and oxygen atoms in total. The molecule has 2 aromatic carbocycles. The minimum absolute atomic E-state index is 0.109. The van der Waals surface area contributed by atoms with E-state index in [9.17, 15) is 9.18 Å². The molecule has 27 heavy (non-hydrogen) atoms. The third-order valence-electron chi connectivity index (χ3n) is 5.14. The molecule has 0 aromatic heterocycles. The maximum atomic E-state index is 14.1. The summed E-state index contributed by atoms with van der Waals surface area (Å²) in [6.45, 7) is 3.01. The summed E-state index contributed by atoms with van der Waals surface area (Å²) in [5, 5.41) is 6.05. The summed E-state index contributed by atoms with van der Waals surface area (Å²) in [5.41, 5.74) is 2.74. The Hall–Kier alpha value is -2.76. The number of rotatable bonds is 2. The van der Waals surface area contributed by atoms with Gasteiger partial charge >= 0.3 is 6.03 Å². The van der Waals surface area contributed by atoms with Crippen molar-refractivity contribution in [3.8, 4) is 11.5 Å². The molecule has 0 fully saturated rings. The molecular formula is C21H23FN2O3. The number of ether oxygens (including phenoxy) is 2. The highest BCUT2D eigenvalue weighted by Crippen LogP contribution is 2.35. The zero-order valence-corrected chi connectivity index (χ0v) is 15.3. The van der Waals surface area contributed by atoms with Gasteiger partial charge in [0, 0.05) is 17.5 Å². The zero-order chi connectivity index (χ0) is 18.8. The highest BCUT2D eigenvalue weighted by Gasteiger charge is 2.27. The number of fused-ring (bicyclic) bond motifs is 2. The molecule has 1 unspecified atom stereocenters. The molecule has 0 spiro atoms. The molecule has 2 N–H and O–H groups in total. The first-order valence-electron chi connectivity index (χ1n) is 9.34. The number of amides is 2. The fourth-order valence-electron chi connectivity index (χ4n) is 3.81. The highest BCUT2D eigenvalue weighted by molar-refractivity contribution is 5.75. The first-order chi connectivity index (χ1) is 13.1. The van der Waals surface area contributed by atoms with E-state index in [1.165, 1.54) is 6.07 Å². The van der Waals surface area contributed by atoms with Crippen LogP contribution in [0, 0.1) is 12.7 Å². The Labute approximate surface area is 157 Å². The Morgan fingerprint density at radius 3 is 2.44 bits per heavy atom. The topological polar surface area (TPSA) is 59.6 Å². The molecule has 142 valence electrons. The average molecular weight is 370 g/mol. The van der Waals surface area contributed by atoms with Crippen LogP contribution in [0.5, 0.6) is 11.5 Å². The second kappa shape index (κ2) is 7.47. The summed E-state index contributed by atoms with van der Waals surface area (Å²) in [5.74, 6) is 0.701. The van der Waals surface area contributed by atoms with Gasteiger partial charge in [-0.1, -0.05) is 30.3 Å². The van der Waals surface area contributed by atoms with E-state index in [4.69, 9.17) is 9.47 Å². The molecule has 2 amide bonds. The van der Waals surface area contributed by atoms with Crippen LogP contribution >= 0.6 is 0 Å². The lowest BCUT2D eigenvalue weighted by Gasteiger charge is -2.28. The van der Waals surface area contributed by atoms with Crippen LogP contribution in [0.4, 0.5) is 9.18 Å². The van der Waals surface area contributed by atoms with Gasteiger partial charge in [-0.25, -0.2) is 9.18 Å². The number of urea groups is 1. The van der Waals surface area contributed by atoms with Gasteiger partial charge in [-0.05, 0) is 31.4 Å². The Kier molecular flexibility index (Phi) is 4.88. The van der Waals surface area contributed by atoms with Crippen molar-refractivity contribution in [3.05, 3.63) is 58.9 Å². The summed E-state index contributed by atoms with van der Waals surface area (Å²) in [6, 6.07) is 10.1. The zero-order valence-electron chi connectivity index (χ0n) is 15.3. The van der Waals surface area contributed by atoms with Crippen molar-refractivity contribution >= 4 is 6.03 Å². The van der Waals surface area contributed by atoms with E-state index in [0.717, 1.165) is 23.3 Å². The highest BCUT2D eigenvalue weighted by atomic mass is 19.1. The maximum Gasteiger partial charge on any atom is 0.315 e. The molecule has 2 aromatic rings. The van der Waals surface area contributed by atoms with Crippen molar-refractivity contribution in [2.45, 2.75) is 38.3 Å². The lowest BCUT2D eigenvalue weighted by atomic mass is 9.98. The number of hydrogen-bond acceptors (Lipinski definition) is 3. The van der Waals surface area contributed by atoms with E-state index in [0.29, 0.717) is 31.6 Å². The van der Waals surface area contributed by atoms with Crippen LogP contribution in [0.25, 0.3) is 0 Å². The van der Waals surface area contributed by atoms with E-state index in [2.05, 4.69) is 10.6 Å². The van der Waals surface area contributed by atoms with Crippen LogP contribution in [0.15, 0.2) is 36.4 Å². The second-order valence-electron chi connectivity index (χ2n) is 7.00. The Balaban J connectivity index is 1.50. The monoisotopic (exact) mass is 370 g/mol. The lowest BCUT2D eigenvalue weighted by molar-refractivity contribution is 0.219. The standard InChI is InChI=1S/C21H23FN2O3/c1-13-5-2-6-14-18(10-12-27-19(13)14)24-21(25)23-17-9-4-11-26-20-15(17)7-3-8-16(20)22/h2-3,5-8,17-18H,4,9-12H2,1H3,(H2,23,24,25)/t17?,18-/m1/s1. The molecular weight excluding hydrogens is 347 g/mol. The van der Waals surface area contributed by atoms with E-state index in [1.54, 1.807) is 6.07 Å². The fourth-order valence-corrected chi connectivity index (χ4v) is 3.81. The number of nitrogens with one attached hydrogen (secondary N) is 2. The van der Waals surface area contributed by atoms with Gasteiger partial charge in [0.15, 0.2) is 11.6 Å². The summed E-state index contributed by atoms with van der Waals surface area (Å²) in [7, 11) is 0. The first kappa shape index (κ1) is 17.6. The number of halogens is 1. The molecule has 6 heteroatoms. The normalized spacial score (nSPS) is 21.0. The number of benzene rings is 2. The van der Waals surface area contributed by atoms with E-state index in [1.807, 2.05) is 31.2 Å². The van der Waals surface area contributed by atoms with Gasteiger partial charge in [0.1, 0.15) is 5.75 Å². The Morgan fingerprint density at radius 1 is 0.963 bits per heavy atom. The summed E-state index contributed by atoms with van der Waals surface area (Å²) < 4.78 is 25.4. The maximum absolute atomic E-state index is 14.1. The van der Waals surface area contributed by atoms with Crippen LogP contribution in [0.3, 0.4) is 0 Å². The van der Waals surface area contributed by atoms with Gasteiger partial charge in [-0.2, -0.15) is 0 Å². The quantitative estimate of drug-likeness (QED) is 0.834. The lowest BCUT2D eigenvalue weighted by Crippen LogP contribution is -2.41. The predicted octanol–water partition coefficient (Wildman–Crippen LogP) is 4.17. The molecule has 2 aliphatic heterocycles. The van der Waals surface area contributed by atoms with Crippen LogP contribution < -0.4 is 20.1 Å². The smallest absolute Gasteiger partial charge is 0.315 e. The third-order valence-corrected chi connectivity index (χ3v) is 5.14. The molecule has 2 aliphatic rings. The van der Waals surface area contributed by atoms with E-state index < -0.39 is 5.82 Å². The molecule has 2 heterocycles. The Bertz CT molecular complexity index is 855. The number of carbonyl (C=O) groups is 1. The largest absolute Gasteiger partial charge is 0.493 e. The summed E-state index contributed by atoms with van der Waals surface area (Å²) >= 11 is 0. The minimum atomic E-state index is -0.393. The van der Waals surface area contributed by atoms with E-state index in [-0.39, 0.29) is 23.9 Å². The fraction of sp³-hybridized carbons (Fsp3) is 0.381. The number of carbonyl (C=O) groups excluding carboxylic acids is 1. The van der Waals surface area contributed by atoms with Crippen molar-refractivity contribution in [2.75, 3.05) is 13.2 Å². The van der Waals surface area contributed by atoms with Crippen molar-refractivity contribution in [1.82, 2.24) is 10.6 Å². The SMILES string of the molecule is Cc1cccc2c1OCC[C@H]2NC(=O)NC1CCCOc2c(F)cccc21. The predicted molar refractivity (Wildman–Crippen MR) is 99.6 cm³/mol. The van der Waals surface area contributed by atoms with Gasteiger partial charge in [0.2, 0.25) is 0 Å².